The van der Waals surface area contributed by atoms with Crippen LogP contribution in [0.25, 0.3) is 0 Å². The number of aryl methyl sites for hydroxylation is 3. The minimum absolute atomic E-state index is 0.468. The van der Waals surface area contributed by atoms with Crippen LogP contribution in [0, 0.1) is 20.8 Å². The molecule has 21 heavy (non-hydrogen) atoms. The van der Waals surface area contributed by atoms with Gasteiger partial charge in [0.05, 0.1) is 0 Å². The molecule has 1 aromatic heterocycles. The van der Waals surface area contributed by atoms with Crippen LogP contribution in [-0.4, -0.2) is 11.0 Å². The molecule has 1 N–H and O–H groups in total. The second-order valence-corrected chi connectivity index (χ2v) is 5.80. The number of nitrogens with zero attached hydrogens (tertiary/aromatic N) is 1. The van der Waals surface area contributed by atoms with E-state index in [9.17, 15) is 0 Å². The van der Waals surface area contributed by atoms with Gasteiger partial charge in [0.1, 0.15) is 5.75 Å². The third kappa shape index (κ3) is 4.30. The van der Waals surface area contributed by atoms with E-state index in [1.807, 2.05) is 26.0 Å². The average Bonchev–Trinajstić information content (AvgIpc) is 2.42. The third-order valence-corrected chi connectivity index (χ3v) is 3.43. The topological polar surface area (TPSA) is 34.1 Å². The van der Waals surface area contributed by atoms with Crippen molar-refractivity contribution in [2.24, 2.45) is 0 Å². The largest absolute Gasteiger partial charge is 0.439 e. The highest BCUT2D eigenvalue weighted by Gasteiger charge is 2.06. The Bertz CT molecular complexity index is 621. The third-order valence-electron chi connectivity index (χ3n) is 3.43. The molecule has 0 radical (unpaired) electrons. The van der Waals surface area contributed by atoms with Crippen molar-refractivity contribution in [1.82, 2.24) is 10.3 Å². The number of benzene rings is 1. The van der Waals surface area contributed by atoms with Crippen LogP contribution in [0.15, 0.2) is 30.3 Å². The summed E-state index contributed by atoms with van der Waals surface area (Å²) in [7, 11) is 0. The fourth-order valence-electron chi connectivity index (χ4n) is 2.05. The first kappa shape index (κ1) is 15.5. The molecular weight excluding hydrogens is 260 g/mol. The molecule has 3 heteroatoms. The second kappa shape index (κ2) is 6.72. The summed E-state index contributed by atoms with van der Waals surface area (Å²) >= 11 is 0. The Morgan fingerprint density at radius 3 is 2.52 bits per heavy atom. The van der Waals surface area contributed by atoms with Crippen LogP contribution < -0.4 is 10.1 Å². The predicted molar refractivity (Wildman–Crippen MR) is 86.9 cm³/mol. The Hall–Kier alpha value is -1.87. The normalized spacial score (nSPS) is 11.0. The molecule has 1 heterocycles. The second-order valence-electron chi connectivity index (χ2n) is 5.80. The average molecular weight is 284 g/mol. The standard InChI is InChI=1S/C18H24N2O/c1-12(2)19-11-16-8-9-18(20-15(16)5)21-17-10-13(3)6-7-14(17)4/h6-10,12,19H,11H2,1-5H3. The highest BCUT2D eigenvalue weighted by Crippen LogP contribution is 2.25. The Balaban J connectivity index is 2.14. The van der Waals surface area contributed by atoms with Crippen molar-refractivity contribution in [2.75, 3.05) is 0 Å². The van der Waals surface area contributed by atoms with Crippen LogP contribution in [-0.2, 0) is 6.54 Å². The van der Waals surface area contributed by atoms with Crippen LogP contribution in [0.1, 0.15) is 36.2 Å². The zero-order chi connectivity index (χ0) is 15.4. The molecule has 0 saturated heterocycles. The van der Waals surface area contributed by atoms with Crippen LogP contribution in [0.4, 0.5) is 0 Å². The zero-order valence-electron chi connectivity index (χ0n) is 13.5. The maximum Gasteiger partial charge on any atom is 0.219 e. The molecule has 0 amide bonds. The number of nitrogens with one attached hydrogen (secondary N) is 1. The summed E-state index contributed by atoms with van der Waals surface area (Å²) in [4.78, 5) is 4.55. The maximum atomic E-state index is 5.92. The molecule has 112 valence electrons. The summed E-state index contributed by atoms with van der Waals surface area (Å²) in [5.41, 5.74) is 4.51. The van der Waals surface area contributed by atoms with Gasteiger partial charge in [-0.1, -0.05) is 32.0 Å². The molecule has 0 aliphatic heterocycles. The van der Waals surface area contributed by atoms with Crippen molar-refractivity contribution in [3.8, 4) is 11.6 Å². The summed E-state index contributed by atoms with van der Waals surface area (Å²) in [6.45, 7) is 11.2. The molecular formula is C18H24N2O. The van der Waals surface area contributed by atoms with E-state index in [2.05, 4.69) is 49.3 Å². The first-order valence-corrected chi connectivity index (χ1v) is 7.40. The molecule has 0 saturated carbocycles. The van der Waals surface area contributed by atoms with Crippen LogP contribution in [0.2, 0.25) is 0 Å². The number of hydrogen-bond acceptors (Lipinski definition) is 3. The number of aromatic nitrogens is 1. The Morgan fingerprint density at radius 1 is 1.10 bits per heavy atom. The van der Waals surface area contributed by atoms with Crippen LogP contribution in [0.5, 0.6) is 11.6 Å². The lowest BCUT2D eigenvalue weighted by Gasteiger charge is -2.12. The Kier molecular flexibility index (Phi) is 4.97. The predicted octanol–water partition coefficient (Wildman–Crippen LogP) is 4.30. The van der Waals surface area contributed by atoms with E-state index in [1.165, 1.54) is 11.1 Å². The van der Waals surface area contributed by atoms with Crippen molar-refractivity contribution < 1.29 is 4.74 Å². The Morgan fingerprint density at radius 2 is 1.86 bits per heavy atom. The number of pyridine rings is 1. The summed E-state index contributed by atoms with van der Waals surface area (Å²) in [6.07, 6.45) is 0. The molecule has 0 spiro atoms. The summed E-state index contributed by atoms with van der Waals surface area (Å²) in [6, 6.07) is 10.7. The van der Waals surface area contributed by atoms with Gasteiger partial charge >= 0.3 is 0 Å². The molecule has 0 fully saturated rings. The van der Waals surface area contributed by atoms with E-state index in [0.717, 1.165) is 23.6 Å². The molecule has 0 atom stereocenters. The Labute approximate surface area is 127 Å². The SMILES string of the molecule is Cc1ccc(C)c(Oc2ccc(CNC(C)C)c(C)n2)c1. The molecule has 2 rings (SSSR count). The van der Waals surface area contributed by atoms with E-state index in [1.54, 1.807) is 0 Å². The van der Waals surface area contributed by atoms with Crippen LogP contribution >= 0.6 is 0 Å². The van der Waals surface area contributed by atoms with Crippen molar-refractivity contribution in [3.05, 3.63) is 52.7 Å². The van der Waals surface area contributed by atoms with E-state index in [4.69, 9.17) is 4.74 Å². The van der Waals surface area contributed by atoms with Gasteiger partial charge in [-0.25, -0.2) is 4.98 Å². The van der Waals surface area contributed by atoms with Gasteiger partial charge in [0.15, 0.2) is 0 Å². The molecule has 0 aliphatic rings. The summed E-state index contributed by atoms with van der Waals surface area (Å²) in [5.74, 6) is 1.52. The van der Waals surface area contributed by atoms with Gasteiger partial charge in [-0.2, -0.15) is 0 Å². The van der Waals surface area contributed by atoms with Gasteiger partial charge in [0.25, 0.3) is 0 Å². The van der Waals surface area contributed by atoms with Gasteiger partial charge in [-0.3, -0.25) is 0 Å². The highest BCUT2D eigenvalue weighted by atomic mass is 16.5. The number of hydrogen-bond donors (Lipinski definition) is 1. The van der Waals surface area contributed by atoms with Crippen molar-refractivity contribution in [1.29, 1.82) is 0 Å². The highest BCUT2D eigenvalue weighted by molar-refractivity contribution is 5.39. The molecule has 3 nitrogen and oxygen atoms in total. The molecule has 2 aromatic rings. The van der Waals surface area contributed by atoms with Crippen molar-refractivity contribution in [2.45, 2.75) is 47.2 Å². The number of rotatable bonds is 5. The van der Waals surface area contributed by atoms with Crippen molar-refractivity contribution in [3.63, 3.8) is 0 Å². The van der Waals surface area contributed by atoms with E-state index in [-0.39, 0.29) is 0 Å². The molecule has 0 bridgehead atoms. The van der Waals surface area contributed by atoms with E-state index in [0.29, 0.717) is 11.9 Å². The van der Waals surface area contributed by atoms with Crippen LogP contribution in [0.3, 0.4) is 0 Å². The number of ether oxygens (including phenoxy) is 1. The minimum Gasteiger partial charge on any atom is -0.439 e. The maximum absolute atomic E-state index is 5.92. The van der Waals surface area contributed by atoms with Gasteiger partial charge < -0.3 is 10.1 Å². The molecule has 0 aliphatic carbocycles. The lowest BCUT2D eigenvalue weighted by atomic mass is 10.1. The molecule has 0 unspecified atom stereocenters. The van der Waals surface area contributed by atoms with Gasteiger partial charge in [-0.05, 0) is 43.5 Å². The van der Waals surface area contributed by atoms with Gasteiger partial charge in [0, 0.05) is 24.3 Å². The lowest BCUT2D eigenvalue weighted by Crippen LogP contribution is -2.22. The summed E-state index contributed by atoms with van der Waals surface area (Å²) in [5, 5.41) is 3.41. The lowest BCUT2D eigenvalue weighted by molar-refractivity contribution is 0.457. The fraction of sp³-hybridized carbons (Fsp3) is 0.389. The van der Waals surface area contributed by atoms with Crippen molar-refractivity contribution >= 4 is 0 Å². The first-order valence-electron chi connectivity index (χ1n) is 7.40. The first-order chi connectivity index (χ1) is 9.95. The minimum atomic E-state index is 0.468. The van der Waals surface area contributed by atoms with E-state index < -0.39 is 0 Å². The summed E-state index contributed by atoms with van der Waals surface area (Å²) < 4.78 is 5.92. The monoisotopic (exact) mass is 284 g/mol. The van der Waals surface area contributed by atoms with Gasteiger partial charge in [-0.15, -0.1) is 0 Å². The smallest absolute Gasteiger partial charge is 0.219 e. The van der Waals surface area contributed by atoms with Gasteiger partial charge in [0.2, 0.25) is 5.88 Å². The van der Waals surface area contributed by atoms with E-state index >= 15 is 0 Å². The fourth-order valence-corrected chi connectivity index (χ4v) is 2.05. The quantitative estimate of drug-likeness (QED) is 0.889. The zero-order valence-corrected chi connectivity index (χ0v) is 13.5. The molecule has 1 aromatic carbocycles.